The first kappa shape index (κ1) is 17.9. The van der Waals surface area contributed by atoms with Gasteiger partial charge in [0, 0.05) is 41.8 Å². The number of benzene rings is 2. The molecule has 8 heteroatoms. The van der Waals surface area contributed by atoms with Crippen LogP contribution in [0, 0.1) is 6.92 Å². The topological polar surface area (TPSA) is 93.4 Å². The van der Waals surface area contributed by atoms with E-state index in [1.54, 1.807) is 23.3 Å². The number of nitrogens with one attached hydrogen (secondary N) is 2. The molecule has 30 heavy (non-hydrogen) atoms. The zero-order chi connectivity index (χ0) is 20.7. The molecule has 8 nitrogen and oxygen atoms in total. The maximum atomic E-state index is 11.9. The average molecular weight is 397 g/mol. The minimum atomic E-state index is -0.103. The lowest BCUT2D eigenvalue weighted by Crippen LogP contribution is -2.05. The van der Waals surface area contributed by atoms with Crippen LogP contribution in [-0.4, -0.2) is 29.3 Å². The molecule has 0 unspecified atom stereocenters. The van der Waals surface area contributed by atoms with Crippen LogP contribution in [0.2, 0.25) is 0 Å². The monoisotopic (exact) mass is 397 g/mol. The molecule has 0 bridgehead atoms. The van der Waals surface area contributed by atoms with Crippen molar-refractivity contribution in [2.75, 3.05) is 5.32 Å². The lowest BCUT2D eigenvalue weighted by atomic mass is 10.1. The molecule has 0 aliphatic heterocycles. The van der Waals surface area contributed by atoms with E-state index < -0.39 is 0 Å². The van der Waals surface area contributed by atoms with Crippen molar-refractivity contribution in [3.05, 3.63) is 83.3 Å². The zero-order valence-electron chi connectivity index (χ0n) is 16.5. The number of aryl methyl sites for hydroxylation is 2. The standard InChI is InChI=1S/C22H19N7O/c1-14-12-29(13-24-14)18-6-3-15(4-7-18)20-26-22(28(2)27-20)25-17-5-8-19-16(11-17)9-10-23-21(19)30/h3-13H,1-2H3,(H,23,30)(H,25,26,27). The summed E-state index contributed by atoms with van der Waals surface area (Å²) in [5.74, 6) is 1.24. The van der Waals surface area contributed by atoms with Gasteiger partial charge in [0.2, 0.25) is 5.95 Å². The first-order valence-electron chi connectivity index (χ1n) is 9.48. The van der Waals surface area contributed by atoms with E-state index in [-0.39, 0.29) is 5.56 Å². The van der Waals surface area contributed by atoms with E-state index in [9.17, 15) is 4.79 Å². The Morgan fingerprint density at radius 1 is 1.07 bits per heavy atom. The Morgan fingerprint density at radius 3 is 2.67 bits per heavy atom. The maximum Gasteiger partial charge on any atom is 0.255 e. The quantitative estimate of drug-likeness (QED) is 0.484. The molecule has 0 atom stereocenters. The van der Waals surface area contributed by atoms with Crippen molar-refractivity contribution < 1.29 is 0 Å². The summed E-state index contributed by atoms with van der Waals surface area (Å²) in [6.45, 7) is 1.96. The predicted molar refractivity (Wildman–Crippen MR) is 116 cm³/mol. The summed E-state index contributed by atoms with van der Waals surface area (Å²) in [5.41, 5.74) is 3.65. The molecule has 0 aliphatic rings. The molecule has 148 valence electrons. The van der Waals surface area contributed by atoms with Gasteiger partial charge < -0.3 is 14.9 Å². The van der Waals surface area contributed by atoms with E-state index >= 15 is 0 Å². The highest BCUT2D eigenvalue weighted by molar-refractivity contribution is 5.85. The molecule has 2 N–H and O–H groups in total. The lowest BCUT2D eigenvalue weighted by molar-refractivity contribution is 0.778. The Hall–Kier alpha value is -4.20. The van der Waals surface area contributed by atoms with Gasteiger partial charge in [-0.2, -0.15) is 4.98 Å². The van der Waals surface area contributed by atoms with Crippen LogP contribution < -0.4 is 10.9 Å². The van der Waals surface area contributed by atoms with Crippen molar-refractivity contribution in [2.45, 2.75) is 6.92 Å². The van der Waals surface area contributed by atoms with Crippen LogP contribution in [-0.2, 0) is 7.05 Å². The second-order valence-electron chi connectivity index (χ2n) is 7.09. The summed E-state index contributed by atoms with van der Waals surface area (Å²) < 4.78 is 3.67. The Kier molecular flexibility index (Phi) is 4.17. The fourth-order valence-corrected chi connectivity index (χ4v) is 3.36. The van der Waals surface area contributed by atoms with Gasteiger partial charge in [0.05, 0.1) is 12.0 Å². The molecule has 0 saturated carbocycles. The minimum Gasteiger partial charge on any atom is -0.329 e. The highest BCUT2D eigenvalue weighted by atomic mass is 16.1. The first-order valence-corrected chi connectivity index (χ1v) is 9.48. The van der Waals surface area contributed by atoms with Gasteiger partial charge in [-0.05, 0) is 60.8 Å². The third-order valence-corrected chi connectivity index (χ3v) is 4.93. The lowest BCUT2D eigenvalue weighted by Gasteiger charge is -2.05. The number of H-pyrrole nitrogens is 1. The van der Waals surface area contributed by atoms with Gasteiger partial charge in [-0.1, -0.05) is 0 Å². The average Bonchev–Trinajstić information content (AvgIpc) is 3.34. The van der Waals surface area contributed by atoms with Crippen molar-refractivity contribution >= 4 is 22.4 Å². The predicted octanol–water partition coefficient (Wildman–Crippen LogP) is 3.56. The Bertz CT molecular complexity index is 1410. The molecule has 0 spiro atoms. The molecule has 3 aromatic heterocycles. The highest BCUT2D eigenvalue weighted by Gasteiger charge is 2.10. The summed E-state index contributed by atoms with van der Waals surface area (Å²) in [7, 11) is 1.84. The highest BCUT2D eigenvalue weighted by Crippen LogP contribution is 2.23. The van der Waals surface area contributed by atoms with Crippen molar-refractivity contribution in [1.82, 2.24) is 29.3 Å². The van der Waals surface area contributed by atoms with Crippen LogP contribution in [0.4, 0.5) is 11.6 Å². The summed E-state index contributed by atoms with van der Waals surface area (Å²) in [6, 6.07) is 15.5. The van der Waals surface area contributed by atoms with Gasteiger partial charge in [0.1, 0.15) is 0 Å². The summed E-state index contributed by atoms with van der Waals surface area (Å²) >= 11 is 0. The molecular weight excluding hydrogens is 378 g/mol. The van der Waals surface area contributed by atoms with Crippen molar-refractivity contribution in [3.8, 4) is 17.1 Å². The number of rotatable bonds is 4. The van der Waals surface area contributed by atoms with Crippen LogP contribution in [0.25, 0.3) is 27.8 Å². The van der Waals surface area contributed by atoms with Crippen molar-refractivity contribution in [1.29, 1.82) is 0 Å². The van der Waals surface area contributed by atoms with Crippen LogP contribution in [0.5, 0.6) is 0 Å². The molecule has 2 aromatic carbocycles. The molecule has 0 radical (unpaired) electrons. The molecular formula is C22H19N7O. The number of pyridine rings is 1. The van der Waals surface area contributed by atoms with Crippen LogP contribution in [0.3, 0.4) is 0 Å². The van der Waals surface area contributed by atoms with E-state index in [4.69, 9.17) is 0 Å². The summed E-state index contributed by atoms with van der Waals surface area (Å²) in [5, 5.41) is 9.31. The number of aromatic amines is 1. The second kappa shape index (κ2) is 7.00. The maximum absolute atomic E-state index is 11.9. The number of imidazole rings is 1. The Labute approximate surface area is 171 Å². The zero-order valence-corrected chi connectivity index (χ0v) is 16.5. The number of hydrogen-bond acceptors (Lipinski definition) is 5. The van der Waals surface area contributed by atoms with Gasteiger partial charge in [-0.25, -0.2) is 9.67 Å². The molecule has 5 rings (SSSR count). The SMILES string of the molecule is Cc1cn(-c2ccc(-c3nc(Nc4ccc5c(=O)[nH]ccc5c4)n(C)n3)cc2)cn1. The van der Waals surface area contributed by atoms with E-state index in [2.05, 4.69) is 25.4 Å². The normalized spacial score (nSPS) is 11.1. The minimum absolute atomic E-state index is 0.103. The number of hydrogen-bond donors (Lipinski definition) is 2. The van der Waals surface area contributed by atoms with Crippen molar-refractivity contribution in [3.63, 3.8) is 0 Å². The van der Waals surface area contributed by atoms with Crippen molar-refractivity contribution in [2.24, 2.45) is 7.05 Å². The Balaban J connectivity index is 1.41. The number of fused-ring (bicyclic) bond motifs is 1. The van der Waals surface area contributed by atoms with Gasteiger partial charge in [-0.15, -0.1) is 5.10 Å². The summed E-state index contributed by atoms with van der Waals surface area (Å²) in [6.07, 6.45) is 5.42. The van der Waals surface area contributed by atoms with E-state index in [1.165, 1.54) is 0 Å². The second-order valence-corrected chi connectivity index (χ2v) is 7.09. The summed E-state index contributed by atoms with van der Waals surface area (Å²) in [4.78, 5) is 23.4. The number of anilines is 2. The number of aromatic nitrogens is 6. The van der Waals surface area contributed by atoms with Gasteiger partial charge in [0.25, 0.3) is 5.56 Å². The fraction of sp³-hybridized carbons (Fsp3) is 0.0909. The van der Waals surface area contributed by atoms with Gasteiger partial charge in [0.15, 0.2) is 5.82 Å². The third kappa shape index (κ3) is 3.24. The van der Waals surface area contributed by atoms with E-state index in [0.29, 0.717) is 17.2 Å². The van der Waals surface area contributed by atoms with Gasteiger partial charge in [-0.3, -0.25) is 4.79 Å². The molecule has 0 amide bonds. The number of nitrogens with zero attached hydrogens (tertiary/aromatic N) is 5. The molecule has 5 aromatic rings. The molecule has 0 aliphatic carbocycles. The Morgan fingerprint density at radius 2 is 1.90 bits per heavy atom. The first-order chi connectivity index (χ1) is 14.6. The van der Waals surface area contributed by atoms with Crippen LogP contribution in [0.1, 0.15) is 5.69 Å². The van der Waals surface area contributed by atoms with E-state index in [1.807, 2.05) is 67.2 Å². The fourth-order valence-electron chi connectivity index (χ4n) is 3.36. The van der Waals surface area contributed by atoms with Gasteiger partial charge >= 0.3 is 0 Å². The van der Waals surface area contributed by atoms with Crippen LogP contribution >= 0.6 is 0 Å². The van der Waals surface area contributed by atoms with E-state index in [0.717, 1.165) is 28.0 Å². The third-order valence-electron chi connectivity index (χ3n) is 4.93. The smallest absolute Gasteiger partial charge is 0.255 e. The largest absolute Gasteiger partial charge is 0.329 e. The molecule has 0 saturated heterocycles. The molecule has 0 fully saturated rings. The molecule has 3 heterocycles. The van der Waals surface area contributed by atoms with Crippen LogP contribution in [0.15, 0.2) is 72.0 Å².